The fraction of sp³-hybridized carbons (Fsp3) is 0.511. The number of likely N-dealkylation sites (tertiary alicyclic amines) is 1. The van der Waals surface area contributed by atoms with Crippen LogP contribution in [0.1, 0.15) is 82.9 Å². The van der Waals surface area contributed by atoms with Crippen LogP contribution in [-0.4, -0.2) is 97.0 Å². The minimum absolute atomic E-state index is 0.0333. The van der Waals surface area contributed by atoms with Crippen molar-refractivity contribution in [2.24, 2.45) is 11.8 Å². The van der Waals surface area contributed by atoms with Gasteiger partial charge < -0.3 is 18.9 Å². The minimum atomic E-state index is -4.02. The summed E-state index contributed by atoms with van der Waals surface area (Å²) in [5.74, 6) is -1.16. The van der Waals surface area contributed by atoms with Crippen LogP contribution < -0.4 is 20.3 Å². The summed E-state index contributed by atoms with van der Waals surface area (Å²) in [4.78, 5) is 33.4. The average molecular weight is 890 g/mol. The third kappa shape index (κ3) is 9.25. The van der Waals surface area contributed by atoms with Gasteiger partial charge in [0.1, 0.15) is 28.8 Å². The molecule has 2 unspecified atom stereocenters. The van der Waals surface area contributed by atoms with Crippen molar-refractivity contribution < 1.29 is 40.9 Å². The number of carbonyl (C=O) groups is 1. The molecule has 4 aromatic rings. The van der Waals surface area contributed by atoms with E-state index < -0.39 is 39.1 Å². The summed E-state index contributed by atoms with van der Waals surface area (Å²) in [5.41, 5.74) is -0.518. The zero-order chi connectivity index (χ0) is 44.8. The molecule has 336 valence electrons. The van der Waals surface area contributed by atoms with E-state index in [1.165, 1.54) is 31.6 Å². The Labute approximate surface area is 365 Å². The summed E-state index contributed by atoms with van der Waals surface area (Å²) in [6.07, 6.45) is 4.68. The van der Waals surface area contributed by atoms with Crippen molar-refractivity contribution in [1.82, 2.24) is 18.8 Å². The van der Waals surface area contributed by atoms with Crippen LogP contribution in [0, 0.1) is 34.8 Å². The van der Waals surface area contributed by atoms with Crippen LogP contribution >= 0.6 is 0 Å². The number of carbonyl (C=O) groups excluding carboxylic acids is 1. The summed E-state index contributed by atoms with van der Waals surface area (Å²) in [6, 6.07) is 13.4. The number of anilines is 2. The Balaban J connectivity index is 0.919. The molecule has 1 aromatic heterocycles. The number of hydrogen-bond acceptors (Lipinski definition) is 11. The molecule has 63 heavy (non-hydrogen) atoms. The van der Waals surface area contributed by atoms with Gasteiger partial charge >= 0.3 is 16.3 Å². The molecule has 0 radical (unpaired) electrons. The predicted octanol–water partition coefficient (Wildman–Crippen LogP) is 7.30. The molecule has 4 aliphatic rings. The number of halogens is 2. The third-order valence-electron chi connectivity index (χ3n) is 12.9. The van der Waals surface area contributed by atoms with Crippen molar-refractivity contribution in [1.29, 1.82) is 5.26 Å². The number of fused-ring (bicyclic) bond motifs is 3. The molecular weight excluding hydrogens is 837 g/mol. The number of nitrogens with one attached hydrogen (secondary N) is 2. The number of hydrogen-bond donors (Lipinski definition) is 2. The normalized spacial score (nSPS) is 23.7. The smallest absolute Gasteiger partial charge is 0.412 e. The molecule has 3 aromatic carbocycles. The zero-order valence-corrected chi connectivity index (χ0v) is 36.8. The van der Waals surface area contributed by atoms with E-state index in [0.717, 1.165) is 55.2 Å². The van der Waals surface area contributed by atoms with E-state index >= 15 is 8.78 Å². The Kier molecular flexibility index (Phi) is 12.3. The molecule has 3 aliphatic heterocycles. The number of nitrogens with zero attached hydrogens (tertiary/aromatic N) is 5. The van der Waals surface area contributed by atoms with Gasteiger partial charge in [-0.3, -0.25) is 24.3 Å². The molecule has 18 heteroatoms. The van der Waals surface area contributed by atoms with Gasteiger partial charge in [0, 0.05) is 38.4 Å². The number of piperidine rings is 1. The van der Waals surface area contributed by atoms with Crippen LogP contribution in [0.15, 0.2) is 59.7 Å². The Morgan fingerprint density at radius 3 is 2.44 bits per heavy atom. The molecule has 1 saturated carbocycles. The largest absolute Gasteiger partial charge is 0.453 e. The van der Waals surface area contributed by atoms with E-state index in [2.05, 4.69) is 19.9 Å². The van der Waals surface area contributed by atoms with Crippen LogP contribution in [0.3, 0.4) is 0 Å². The monoisotopic (exact) mass is 889 g/mol. The molecular formula is C45H53F2N7O8S. The molecule has 4 heterocycles. The molecule has 3 saturated heterocycles. The Hall–Kier alpha value is -5.19. The van der Waals surface area contributed by atoms with Crippen molar-refractivity contribution in [2.45, 2.75) is 89.0 Å². The fourth-order valence-corrected chi connectivity index (χ4v) is 10.7. The lowest BCUT2D eigenvalue weighted by Gasteiger charge is -2.52. The molecule has 4 fully saturated rings. The molecule has 15 nitrogen and oxygen atoms in total. The number of ether oxygens (including phenoxy) is 4. The van der Waals surface area contributed by atoms with Crippen molar-refractivity contribution in [2.75, 3.05) is 56.5 Å². The Morgan fingerprint density at radius 2 is 1.78 bits per heavy atom. The van der Waals surface area contributed by atoms with Gasteiger partial charge in [0.15, 0.2) is 11.6 Å². The van der Waals surface area contributed by atoms with Crippen molar-refractivity contribution in [3.8, 4) is 17.6 Å². The summed E-state index contributed by atoms with van der Waals surface area (Å²) < 4.78 is 84.8. The van der Waals surface area contributed by atoms with Gasteiger partial charge in [0.25, 0.3) is 5.56 Å². The first kappa shape index (κ1) is 44.4. The van der Waals surface area contributed by atoms with E-state index in [1.807, 2.05) is 6.07 Å². The average Bonchev–Trinajstić information content (AvgIpc) is 3.63. The quantitative estimate of drug-likeness (QED) is 0.163. The molecule has 2 N–H and O–H groups in total. The van der Waals surface area contributed by atoms with Crippen LogP contribution in [0.2, 0.25) is 0 Å². The second-order valence-electron chi connectivity index (χ2n) is 18.1. The summed E-state index contributed by atoms with van der Waals surface area (Å²) in [5, 5.41) is 12.8. The highest BCUT2D eigenvalue weighted by Gasteiger charge is 2.49. The van der Waals surface area contributed by atoms with E-state index in [1.54, 1.807) is 50.5 Å². The zero-order valence-electron chi connectivity index (χ0n) is 36.0. The van der Waals surface area contributed by atoms with Gasteiger partial charge in [-0.2, -0.15) is 18.0 Å². The van der Waals surface area contributed by atoms with Gasteiger partial charge in [-0.1, -0.05) is 13.0 Å². The van der Waals surface area contributed by atoms with Gasteiger partial charge in [-0.25, -0.2) is 18.6 Å². The van der Waals surface area contributed by atoms with Gasteiger partial charge in [0.2, 0.25) is 0 Å². The summed E-state index contributed by atoms with van der Waals surface area (Å²) in [7, 11) is -2.66. The number of aromatic nitrogens is 2. The highest BCUT2D eigenvalue weighted by Crippen LogP contribution is 2.48. The molecule has 1 spiro atoms. The van der Waals surface area contributed by atoms with Crippen molar-refractivity contribution >= 4 is 38.6 Å². The maximum atomic E-state index is 15.6. The lowest BCUT2D eigenvalue weighted by Crippen LogP contribution is -2.58. The standard InChI is InChI=1S/C45H53F2N7O8S/c1-6-52(5)63(57,58)51-39-12-10-36(46)41(35(39)22-48)61-32-8-11-38-34(20-32)42(55)54(26-49-38)31-21-45(60-25-31)13-15-53(16-14-45)40-28-17-27(18-29(40)24-59-23-28)33-9-7-30(19-37(33)47)50-43(56)62-44(2,3)4/h7-12,19-20,26-29,31,40,51H,6,13-18,21,23-25H2,1-5H3,(H,50,56)/t27?,28?,29?,31-,40?/m1/s1. The lowest BCUT2D eigenvalue weighted by molar-refractivity contribution is -0.111. The van der Waals surface area contributed by atoms with Gasteiger partial charge in [-0.05, 0) is 119 Å². The second-order valence-corrected chi connectivity index (χ2v) is 19.9. The number of amides is 1. The first-order valence-corrected chi connectivity index (χ1v) is 22.8. The maximum absolute atomic E-state index is 15.6. The topological polar surface area (TPSA) is 177 Å². The first-order valence-electron chi connectivity index (χ1n) is 21.4. The van der Waals surface area contributed by atoms with E-state index in [0.29, 0.717) is 49.1 Å². The molecule has 1 aliphatic carbocycles. The molecule has 2 bridgehead atoms. The Bertz CT molecular complexity index is 2590. The summed E-state index contributed by atoms with van der Waals surface area (Å²) in [6.45, 7) is 10.3. The van der Waals surface area contributed by atoms with Crippen LogP contribution in [-0.2, 0) is 24.4 Å². The minimum Gasteiger partial charge on any atom is -0.453 e. The maximum Gasteiger partial charge on any atom is 0.412 e. The number of rotatable bonds is 10. The highest BCUT2D eigenvalue weighted by atomic mass is 32.2. The molecule has 8 rings (SSSR count). The van der Waals surface area contributed by atoms with Gasteiger partial charge in [-0.15, -0.1) is 0 Å². The SMILES string of the molecule is CCN(C)S(=O)(=O)Nc1ccc(F)c(Oc2ccc3ncn([C@H]4COC5(CCN(C6C7COCC6CC(c6ccc(NC(=O)OC(C)(C)C)cc6F)C7)CC5)C4)c(=O)c3c2)c1C#N. The second kappa shape index (κ2) is 17.4. The Morgan fingerprint density at radius 1 is 1.05 bits per heavy atom. The van der Waals surface area contributed by atoms with Crippen molar-refractivity contribution in [3.63, 3.8) is 0 Å². The van der Waals surface area contributed by atoms with E-state index in [-0.39, 0.29) is 64.1 Å². The first-order chi connectivity index (χ1) is 30.0. The number of benzene rings is 3. The van der Waals surface area contributed by atoms with Crippen LogP contribution in [0.4, 0.5) is 25.0 Å². The lowest BCUT2D eigenvalue weighted by atomic mass is 9.67. The van der Waals surface area contributed by atoms with Gasteiger partial charge in [0.05, 0.1) is 54.4 Å². The highest BCUT2D eigenvalue weighted by molar-refractivity contribution is 7.90. The predicted molar refractivity (Wildman–Crippen MR) is 231 cm³/mol. The number of nitriles is 1. The van der Waals surface area contributed by atoms with E-state index in [9.17, 15) is 23.3 Å². The van der Waals surface area contributed by atoms with Crippen LogP contribution in [0.5, 0.6) is 11.5 Å². The molecule has 3 atom stereocenters. The fourth-order valence-electron chi connectivity index (χ4n) is 9.78. The third-order valence-corrected chi connectivity index (χ3v) is 14.5. The van der Waals surface area contributed by atoms with Crippen LogP contribution in [0.25, 0.3) is 10.9 Å². The van der Waals surface area contributed by atoms with Crippen molar-refractivity contribution in [3.05, 3.63) is 88.0 Å². The molecule has 1 amide bonds. The summed E-state index contributed by atoms with van der Waals surface area (Å²) >= 11 is 0. The van der Waals surface area contributed by atoms with E-state index in [4.69, 9.17) is 18.9 Å².